The van der Waals surface area contributed by atoms with Crippen LogP contribution in [0.3, 0.4) is 0 Å². The minimum Gasteiger partial charge on any atom is -0.444 e. The lowest BCUT2D eigenvalue weighted by Gasteiger charge is -2.33. The fourth-order valence-electron chi connectivity index (χ4n) is 2.82. The number of carbonyl (C=O) groups is 2. The van der Waals surface area contributed by atoms with Gasteiger partial charge in [-0.05, 0) is 51.7 Å². The molecule has 1 aliphatic rings. The van der Waals surface area contributed by atoms with Crippen LogP contribution in [0, 0.1) is 17.6 Å². The third kappa shape index (κ3) is 5.41. The van der Waals surface area contributed by atoms with Gasteiger partial charge >= 0.3 is 6.09 Å². The fourth-order valence-corrected chi connectivity index (χ4v) is 2.82. The largest absolute Gasteiger partial charge is 0.444 e. The average molecular weight is 354 g/mol. The van der Waals surface area contributed by atoms with Gasteiger partial charge in [0, 0.05) is 19.6 Å². The summed E-state index contributed by atoms with van der Waals surface area (Å²) in [5.41, 5.74) is -1.11. The van der Waals surface area contributed by atoms with Crippen molar-refractivity contribution in [3.63, 3.8) is 0 Å². The van der Waals surface area contributed by atoms with E-state index in [1.807, 2.05) is 0 Å². The molecule has 1 atom stereocenters. The van der Waals surface area contributed by atoms with E-state index in [4.69, 9.17) is 4.74 Å². The molecule has 1 aromatic rings. The molecule has 0 radical (unpaired) electrons. The molecule has 0 spiro atoms. The average Bonchev–Trinajstić information content (AvgIpc) is 2.51. The van der Waals surface area contributed by atoms with Crippen molar-refractivity contribution in [2.45, 2.75) is 39.2 Å². The van der Waals surface area contributed by atoms with Crippen molar-refractivity contribution in [3.8, 4) is 0 Å². The molecule has 1 saturated heterocycles. The van der Waals surface area contributed by atoms with E-state index in [9.17, 15) is 18.4 Å². The number of nitrogens with zero attached hydrogens (tertiary/aromatic N) is 1. The molecule has 1 unspecified atom stereocenters. The number of rotatable bonds is 3. The molecule has 0 saturated carbocycles. The lowest BCUT2D eigenvalue weighted by atomic mass is 9.97. The predicted molar refractivity (Wildman–Crippen MR) is 89.2 cm³/mol. The lowest BCUT2D eigenvalue weighted by molar-refractivity contribution is 0.0502. The Morgan fingerprint density at radius 2 is 1.92 bits per heavy atom. The number of nitrogens with one attached hydrogen (secondary N) is 1. The highest BCUT2D eigenvalue weighted by molar-refractivity contribution is 5.94. The van der Waals surface area contributed by atoms with Crippen LogP contribution in [0.1, 0.15) is 44.0 Å². The quantitative estimate of drug-likeness (QED) is 0.906. The molecule has 7 heteroatoms. The van der Waals surface area contributed by atoms with Crippen molar-refractivity contribution in [2.24, 2.45) is 5.92 Å². The van der Waals surface area contributed by atoms with Crippen molar-refractivity contribution in [2.75, 3.05) is 19.6 Å². The molecular weight excluding hydrogens is 330 g/mol. The van der Waals surface area contributed by atoms with E-state index in [0.29, 0.717) is 26.1 Å². The second-order valence-electron chi connectivity index (χ2n) is 7.24. The second kappa shape index (κ2) is 7.80. The van der Waals surface area contributed by atoms with Gasteiger partial charge in [0.05, 0.1) is 0 Å². The van der Waals surface area contributed by atoms with Gasteiger partial charge in [-0.2, -0.15) is 0 Å². The number of hydrogen-bond acceptors (Lipinski definition) is 3. The summed E-state index contributed by atoms with van der Waals surface area (Å²) in [6.45, 7) is 6.44. The zero-order chi connectivity index (χ0) is 18.6. The van der Waals surface area contributed by atoms with Gasteiger partial charge in [-0.3, -0.25) is 4.79 Å². The maximum Gasteiger partial charge on any atom is 0.407 e. The van der Waals surface area contributed by atoms with Gasteiger partial charge < -0.3 is 15.0 Å². The summed E-state index contributed by atoms with van der Waals surface area (Å²) in [5, 5.41) is 2.68. The zero-order valence-corrected chi connectivity index (χ0v) is 14.8. The number of amides is 2. The van der Waals surface area contributed by atoms with Crippen LogP contribution in [-0.4, -0.2) is 42.1 Å². The Morgan fingerprint density at radius 3 is 2.52 bits per heavy atom. The summed E-state index contributed by atoms with van der Waals surface area (Å²) >= 11 is 0. The van der Waals surface area contributed by atoms with E-state index in [-0.39, 0.29) is 5.92 Å². The number of ether oxygens (including phenoxy) is 1. The predicted octanol–water partition coefficient (Wildman–Crippen LogP) is 3.34. The van der Waals surface area contributed by atoms with Gasteiger partial charge in [-0.15, -0.1) is 0 Å². The van der Waals surface area contributed by atoms with Crippen LogP contribution in [0.2, 0.25) is 0 Å². The van der Waals surface area contributed by atoms with Crippen molar-refractivity contribution < 1.29 is 23.1 Å². The Hall–Kier alpha value is -2.18. The topological polar surface area (TPSA) is 58.6 Å². The maximum atomic E-state index is 13.8. The van der Waals surface area contributed by atoms with E-state index in [0.717, 1.165) is 18.6 Å². The molecule has 0 aromatic heterocycles. The van der Waals surface area contributed by atoms with Crippen molar-refractivity contribution in [3.05, 3.63) is 35.4 Å². The van der Waals surface area contributed by atoms with Gasteiger partial charge in [-0.1, -0.05) is 6.07 Å². The van der Waals surface area contributed by atoms with E-state index in [2.05, 4.69) is 5.32 Å². The van der Waals surface area contributed by atoms with Gasteiger partial charge in [0.15, 0.2) is 0 Å². The number of benzene rings is 1. The maximum absolute atomic E-state index is 13.8. The number of piperidine rings is 1. The first-order chi connectivity index (χ1) is 11.7. The molecule has 5 nitrogen and oxygen atoms in total. The highest BCUT2D eigenvalue weighted by Crippen LogP contribution is 2.21. The SMILES string of the molecule is CC(C)(C)OC(=O)NCC1CCCN(C(=O)c2c(F)cccc2F)C1. The molecule has 138 valence electrons. The first kappa shape index (κ1) is 19.1. The van der Waals surface area contributed by atoms with Crippen LogP contribution < -0.4 is 5.32 Å². The Kier molecular flexibility index (Phi) is 5.98. The van der Waals surface area contributed by atoms with Crippen molar-refractivity contribution >= 4 is 12.0 Å². The van der Waals surface area contributed by atoms with Gasteiger partial charge in [0.2, 0.25) is 0 Å². The van der Waals surface area contributed by atoms with E-state index < -0.39 is 34.8 Å². The molecule has 0 aliphatic carbocycles. The van der Waals surface area contributed by atoms with Crippen LogP contribution in [0.25, 0.3) is 0 Å². The molecule has 1 heterocycles. The Labute approximate surface area is 146 Å². The van der Waals surface area contributed by atoms with E-state index in [1.165, 1.54) is 11.0 Å². The number of likely N-dealkylation sites (tertiary alicyclic amines) is 1. The standard InChI is InChI=1S/C18H24F2N2O3/c1-18(2,3)25-17(24)21-10-12-6-5-9-22(11-12)16(23)15-13(19)7-4-8-14(15)20/h4,7-8,12H,5-6,9-11H2,1-3H3,(H,21,24). The molecule has 1 aliphatic heterocycles. The van der Waals surface area contributed by atoms with Crippen LogP contribution >= 0.6 is 0 Å². The number of hydrogen-bond donors (Lipinski definition) is 1. The molecular formula is C18H24F2N2O3. The summed E-state index contributed by atoms with van der Waals surface area (Å²) in [4.78, 5) is 25.6. The molecule has 2 rings (SSSR count). The van der Waals surface area contributed by atoms with Gasteiger partial charge in [0.25, 0.3) is 5.91 Å². The summed E-state index contributed by atoms with van der Waals surface area (Å²) in [6, 6.07) is 3.37. The summed E-state index contributed by atoms with van der Waals surface area (Å²) < 4.78 is 32.8. The van der Waals surface area contributed by atoms with Crippen molar-refractivity contribution in [1.82, 2.24) is 10.2 Å². The molecule has 2 amide bonds. The lowest BCUT2D eigenvalue weighted by Crippen LogP contribution is -2.44. The third-order valence-electron chi connectivity index (χ3n) is 3.92. The molecule has 25 heavy (non-hydrogen) atoms. The Morgan fingerprint density at radius 1 is 1.28 bits per heavy atom. The second-order valence-corrected chi connectivity index (χ2v) is 7.24. The minimum absolute atomic E-state index is 0.0139. The number of carbonyl (C=O) groups excluding carboxylic acids is 2. The summed E-state index contributed by atoms with van der Waals surface area (Å²) in [5.74, 6) is -2.37. The van der Waals surface area contributed by atoms with Crippen LogP contribution in [0.15, 0.2) is 18.2 Å². The van der Waals surface area contributed by atoms with Gasteiger partial charge in [0.1, 0.15) is 22.8 Å². The number of halogens is 2. The highest BCUT2D eigenvalue weighted by Gasteiger charge is 2.28. The Balaban J connectivity index is 1.94. The monoisotopic (exact) mass is 354 g/mol. The van der Waals surface area contributed by atoms with E-state index in [1.54, 1.807) is 20.8 Å². The van der Waals surface area contributed by atoms with Gasteiger partial charge in [-0.25, -0.2) is 13.6 Å². The summed E-state index contributed by atoms with van der Waals surface area (Å²) in [7, 11) is 0. The third-order valence-corrected chi connectivity index (χ3v) is 3.92. The molecule has 1 N–H and O–H groups in total. The van der Waals surface area contributed by atoms with Crippen LogP contribution in [-0.2, 0) is 4.74 Å². The smallest absolute Gasteiger partial charge is 0.407 e. The molecule has 1 fully saturated rings. The van der Waals surface area contributed by atoms with Crippen molar-refractivity contribution in [1.29, 1.82) is 0 Å². The molecule has 1 aromatic carbocycles. The van der Waals surface area contributed by atoms with Crippen LogP contribution in [0.5, 0.6) is 0 Å². The molecule has 0 bridgehead atoms. The highest BCUT2D eigenvalue weighted by atomic mass is 19.1. The summed E-state index contributed by atoms with van der Waals surface area (Å²) in [6.07, 6.45) is 1.01. The first-order valence-electron chi connectivity index (χ1n) is 8.37. The Bertz CT molecular complexity index is 623. The minimum atomic E-state index is -0.862. The first-order valence-corrected chi connectivity index (χ1v) is 8.37. The zero-order valence-electron chi connectivity index (χ0n) is 14.8. The van der Waals surface area contributed by atoms with Crippen LogP contribution in [0.4, 0.5) is 13.6 Å². The number of alkyl carbamates (subject to hydrolysis) is 1. The van der Waals surface area contributed by atoms with E-state index >= 15 is 0 Å². The fraction of sp³-hybridized carbons (Fsp3) is 0.556. The normalized spacial score (nSPS) is 18.0.